The molecule has 0 radical (unpaired) electrons. The highest BCUT2D eigenvalue weighted by Gasteiger charge is 2.48. The van der Waals surface area contributed by atoms with E-state index in [2.05, 4.69) is 9.98 Å². The van der Waals surface area contributed by atoms with E-state index in [1.165, 1.54) is 0 Å². The number of amides is 3. The van der Waals surface area contributed by atoms with Crippen LogP contribution < -0.4 is 17.2 Å². The third-order valence-corrected chi connectivity index (χ3v) is 13.7. The van der Waals surface area contributed by atoms with Crippen LogP contribution in [-0.2, 0) is 56.8 Å². The molecular formula is C74H166N8O18. The van der Waals surface area contributed by atoms with E-state index in [1.807, 2.05) is 173 Å². The van der Waals surface area contributed by atoms with Crippen LogP contribution in [0.2, 0.25) is 0 Å². The summed E-state index contributed by atoms with van der Waals surface area (Å²) in [6, 6.07) is 0.554. The van der Waals surface area contributed by atoms with E-state index in [-0.39, 0.29) is 133 Å². The fourth-order valence-electron chi connectivity index (χ4n) is 10.2. The highest BCUT2D eigenvalue weighted by molar-refractivity contribution is 5.73. The molecule has 610 valence electrons. The minimum Gasteiger partial charge on any atom is -0.463 e. The topological polar surface area (TPSA) is 335 Å². The number of amidine groups is 2. The van der Waals surface area contributed by atoms with E-state index < -0.39 is 58.4 Å². The number of nitrogens with two attached hydrogens (primary N) is 3. The summed E-state index contributed by atoms with van der Waals surface area (Å²) >= 11 is 0. The van der Waals surface area contributed by atoms with E-state index >= 15 is 0 Å². The van der Waals surface area contributed by atoms with Crippen molar-refractivity contribution in [3.8, 4) is 0 Å². The molecule has 5 rings (SSSR count). The lowest BCUT2D eigenvalue weighted by atomic mass is 10.1. The Morgan fingerprint density at radius 1 is 0.470 bits per heavy atom. The second-order valence-electron chi connectivity index (χ2n) is 27.8. The zero-order chi connectivity index (χ0) is 71.8. The Labute approximate surface area is 614 Å². The van der Waals surface area contributed by atoms with E-state index in [9.17, 15) is 24.6 Å². The first-order chi connectivity index (χ1) is 42.3. The van der Waals surface area contributed by atoms with Crippen LogP contribution in [0.3, 0.4) is 0 Å². The molecule has 0 aliphatic carbocycles. The molecule has 3 saturated heterocycles. The second kappa shape index (κ2) is 56.3. The minimum absolute atomic E-state index is 0. The number of ether oxygens (including phenoxy) is 12. The maximum absolute atomic E-state index is 12.4. The van der Waals surface area contributed by atoms with Crippen molar-refractivity contribution in [2.24, 2.45) is 27.2 Å². The van der Waals surface area contributed by atoms with Crippen LogP contribution in [0.1, 0.15) is 285 Å². The van der Waals surface area contributed by atoms with Gasteiger partial charge in [0.15, 0.2) is 0 Å². The monoisotopic (exact) mass is 1460 g/mol. The van der Waals surface area contributed by atoms with Crippen molar-refractivity contribution >= 4 is 30.3 Å². The molecule has 0 aromatic heterocycles. The van der Waals surface area contributed by atoms with Gasteiger partial charge >= 0.3 is 18.3 Å². The van der Waals surface area contributed by atoms with Crippen molar-refractivity contribution in [1.29, 1.82) is 0 Å². The van der Waals surface area contributed by atoms with E-state index in [1.54, 1.807) is 28.5 Å². The molecule has 26 nitrogen and oxygen atoms in total. The third kappa shape index (κ3) is 50.3. The molecule has 0 unspecified atom stereocenters. The predicted molar refractivity (Wildman–Crippen MR) is 414 cm³/mol. The average molecular weight is 1460 g/mol. The van der Waals surface area contributed by atoms with E-state index in [0.717, 1.165) is 38.9 Å². The highest BCUT2D eigenvalue weighted by atomic mass is 16.6. The smallest absolute Gasteiger partial charge is 0.412 e. The van der Waals surface area contributed by atoms with Gasteiger partial charge in [-0.05, 0) is 212 Å². The fourth-order valence-corrected chi connectivity index (χ4v) is 10.2. The Bertz CT molecular complexity index is 1990. The van der Waals surface area contributed by atoms with Crippen LogP contribution in [0.5, 0.6) is 0 Å². The summed E-state index contributed by atoms with van der Waals surface area (Å²) in [5.41, 5.74) is 12.6. The van der Waals surface area contributed by atoms with Crippen LogP contribution in [0.25, 0.3) is 0 Å². The van der Waals surface area contributed by atoms with Crippen molar-refractivity contribution in [2.75, 3.05) is 66.1 Å². The Kier molecular flexibility index (Phi) is 65.9. The van der Waals surface area contributed by atoms with Gasteiger partial charge in [0.25, 0.3) is 12.0 Å². The third-order valence-electron chi connectivity index (χ3n) is 13.7. The molecule has 5 aliphatic heterocycles. The first-order valence-corrected chi connectivity index (χ1v) is 33.4. The summed E-state index contributed by atoms with van der Waals surface area (Å²) in [7, 11) is 0. The SMILES string of the molecule is C.C.C.C.C.C.C.C.CC.CCO[C@@H](C)C[C@H](N)CO.CCO[C@@H](C)C[C@H]1COC(C)(C)N1C(=O)OC(C)(C)C.CCO[C@@H](C)C[C@H]1COC(N)=N1.CCO[C@H](C)C[C@H]1COC(N)=N1.C[C@@H](O)C[C@H]1COC(C)(C)N1C(=O)OC(C)(C)C.C[C@H](O)C[C@H]1COC(C)(C)N1C(=O)OC(C)(C)C. The summed E-state index contributed by atoms with van der Waals surface area (Å²) in [6.07, 6.45) is 2.88. The number of carbonyl (C=O) groups excluding carboxylic acids is 3. The van der Waals surface area contributed by atoms with Crippen LogP contribution in [0.15, 0.2) is 9.98 Å². The Hall–Kier alpha value is -4.09. The molecule has 100 heavy (non-hydrogen) atoms. The first kappa shape index (κ1) is 117. The van der Waals surface area contributed by atoms with Gasteiger partial charge in [0.05, 0.1) is 93.3 Å². The predicted octanol–water partition coefficient (Wildman–Crippen LogP) is 14.7. The number of hydrogen-bond acceptors (Lipinski definition) is 23. The molecule has 9 N–H and O–H groups in total. The molecule has 26 heteroatoms. The van der Waals surface area contributed by atoms with Gasteiger partial charge in [-0.2, -0.15) is 0 Å². The summed E-state index contributed by atoms with van der Waals surface area (Å²) in [4.78, 5) is 49.9. The minimum atomic E-state index is -0.693. The van der Waals surface area contributed by atoms with E-state index in [0.29, 0.717) is 71.1 Å². The van der Waals surface area contributed by atoms with Crippen molar-refractivity contribution in [3.05, 3.63) is 0 Å². The first-order valence-electron chi connectivity index (χ1n) is 33.4. The molecule has 0 spiro atoms. The normalized spacial score (nSPS) is 21.5. The van der Waals surface area contributed by atoms with E-state index in [4.69, 9.17) is 79.1 Å². The Balaban J connectivity index is -0.000000121. The molecule has 0 saturated carbocycles. The molecule has 5 heterocycles. The molecule has 3 amide bonds. The number of aliphatic hydroxyl groups is 3. The second-order valence-corrected chi connectivity index (χ2v) is 27.8. The molecule has 3 fully saturated rings. The zero-order valence-corrected chi connectivity index (χ0v) is 62.2. The molecule has 0 aromatic rings. The van der Waals surface area contributed by atoms with Crippen LogP contribution in [-0.4, -0.2) is 233 Å². The number of rotatable bonds is 21. The van der Waals surface area contributed by atoms with Gasteiger partial charge in [0.1, 0.15) is 47.2 Å². The lowest BCUT2D eigenvalue weighted by molar-refractivity contribution is -0.0652. The number of hydrogen-bond donors (Lipinski definition) is 6. The molecule has 5 aliphatic rings. The summed E-state index contributed by atoms with van der Waals surface area (Å²) in [5.74, 6) is 0. The van der Waals surface area contributed by atoms with Gasteiger partial charge < -0.3 is 89.4 Å². The Morgan fingerprint density at radius 3 is 0.920 bits per heavy atom. The number of aliphatic hydroxyl groups excluding tert-OH is 3. The van der Waals surface area contributed by atoms with Gasteiger partial charge in [0.2, 0.25) is 0 Å². The van der Waals surface area contributed by atoms with Crippen molar-refractivity contribution in [1.82, 2.24) is 14.7 Å². The molecule has 0 bridgehead atoms. The Morgan fingerprint density at radius 2 is 0.710 bits per heavy atom. The number of nitrogens with zero attached hydrogens (tertiary/aromatic N) is 5. The van der Waals surface area contributed by atoms with Gasteiger partial charge in [-0.15, -0.1) is 0 Å². The largest absolute Gasteiger partial charge is 0.463 e. The van der Waals surface area contributed by atoms with Crippen molar-refractivity contribution < 1.29 is 86.5 Å². The molecule has 12 atom stereocenters. The summed E-state index contributed by atoms with van der Waals surface area (Å²) in [5, 5.41) is 27.5. The lowest BCUT2D eigenvalue weighted by Crippen LogP contribution is -2.50. The van der Waals surface area contributed by atoms with Crippen LogP contribution >= 0.6 is 0 Å². The average Bonchev–Trinajstić information content (AvgIpc) is 1.65. The van der Waals surface area contributed by atoms with Gasteiger partial charge in [-0.1, -0.05) is 73.3 Å². The van der Waals surface area contributed by atoms with Gasteiger partial charge in [0, 0.05) is 32.5 Å². The fraction of sp³-hybridized carbons (Fsp3) is 0.932. The quantitative estimate of drug-likeness (QED) is 0.0581. The molecule has 0 aromatic carbocycles. The van der Waals surface area contributed by atoms with Crippen LogP contribution in [0.4, 0.5) is 14.4 Å². The maximum atomic E-state index is 12.4. The van der Waals surface area contributed by atoms with Gasteiger partial charge in [-0.25, -0.2) is 24.4 Å². The summed E-state index contributed by atoms with van der Waals surface area (Å²) < 4.78 is 64.8. The van der Waals surface area contributed by atoms with Crippen LogP contribution in [0, 0.1) is 0 Å². The standard InChI is InChI=1S/C15H29NO4.2C13H25NO4.2C8H16N2O2.C7H17NO2.C2H6.8CH4/c1-8-18-11(2)9-12-10-19-15(6,7)16(12)13(17)20-14(3,4)5;2*1-9(15)7-10-8-17-13(5,6)14(10)11(16)18-12(2,3)4;2*1-3-11-6(2)4-7-5-12-8(9)10-7;1-3-10-6(2)4-7(8)5-9;1-2;;;;;;;;/h11-12H,8-10H2,1-7H3;2*9-10,15H,7-8H2,1-6H3;2*6-7H,3-5H2,1-2H3,(H2,9,10);6-7,9H,3-5,8H2,1-2H3;1-2H3;8*1H4/t11-,12-;9-,10+;9-,10-;6-,7+;2*6-,7-;;;;;;;;;/m010100........./s1. The molecular weight excluding hydrogens is 1290 g/mol. The van der Waals surface area contributed by atoms with Crippen molar-refractivity contribution in [2.45, 2.75) is 392 Å². The number of aliphatic imine (C=N–C) groups is 2. The zero-order valence-electron chi connectivity index (χ0n) is 62.2. The number of carbonyl (C=O) groups is 3. The summed E-state index contributed by atoms with van der Waals surface area (Å²) in [6.45, 7) is 56.5. The lowest BCUT2D eigenvalue weighted by Gasteiger charge is -2.35. The highest BCUT2D eigenvalue weighted by Crippen LogP contribution is 2.34. The van der Waals surface area contributed by atoms with Gasteiger partial charge in [-0.3, -0.25) is 14.7 Å². The van der Waals surface area contributed by atoms with Crippen molar-refractivity contribution in [3.63, 3.8) is 0 Å². The maximum Gasteiger partial charge on any atom is 0.412 e.